The molecule has 4 atom stereocenters. The van der Waals surface area contributed by atoms with Crippen LogP contribution in [-0.4, -0.2) is 81.4 Å². The molecule has 11 nitrogen and oxygen atoms in total. The molecule has 1 fully saturated rings. The van der Waals surface area contributed by atoms with Gasteiger partial charge in [-0.15, -0.1) is 0 Å². The molecule has 0 aromatic heterocycles. The Balaban J connectivity index is 1.98. The number of rotatable bonds is 4. The van der Waals surface area contributed by atoms with Crippen LogP contribution in [0.2, 0.25) is 0 Å². The first-order chi connectivity index (χ1) is 16.4. The Hall–Kier alpha value is -3.70. The summed E-state index contributed by atoms with van der Waals surface area (Å²) in [4.78, 5) is 45.2. The summed E-state index contributed by atoms with van der Waals surface area (Å²) < 4.78 is 0. The van der Waals surface area contributed by atoms with Crippen molar-refractivity contribution in [2.45, 2.75) is 31.4 Å². The van der Waals surface area contributed by atoms with Gasteiger partial charge in [-0.1, -0.05) is 5.16 Å². The predicted octanol–water partition coefficient (Wildman–Crippen LogP) is 0.334. The summed E-state index contributed by atoms with van der Waals surface area (Å²) in [5, 5.41) is 48.1. The minimum Gasteiger partial charge on any atom is -0.508 e. The Kier molecular flexibility index (Phi) is 5.73. The Labute approximate surface area is 200 Å². The van der Waals surface area contributed by atoms with Gasteiger partial charge in [-0.25, -0.2) is 0 Å². The number of aliphatic hydroxyl groups is 3. The van der Waals surface area contributed by atoms with Crippen molar-refractivity contribution in [3.05, 3.63) is 45.7 Å². The first-order valence-electron chi connectivity index (χ1n) is 11.0. The molecule has 0 spiro atoms. The molecule has 3 aliphatic carbocycles. The van der Waals surface area contributed by atoms with Crippen LogP contribution in [0.1, 0.15) is 30.0 Å². The van der Waals surface area contributed by atoms with Crippen molar-refractivity contribution in [3.63, 3.8) is 0 Å². The summed E-state index contributed by atoms with van der Waals surface area (Å²) >= 11 is 0. The Bertz CT molecular complexity index is 1260. The molecule has 35 heavy (non-hydrogen) atoms. The smallest absolute Gasteiger partial charge is 0.255 e. The summed E-state index contributed by atoms with van der Waals surface area (Å²) in [6, 6.07) is 1.83. The number of aliphatic hydroxyl groups excluding tert-OH is 2. The zero-order valence-electron chi connectivity index (χ0n) is 19.7. The number of phenols is 1. The van der Waals surface area contributed by atoms with Gasteiger partial charge in [0.05, 0.1) is 17.3 Å². The highest BCUT2D eigenvalue weighted by Crippen LogP contribution is 2.52. The number of hydrogen-bond acceptors (Lipinski definition) is 10. The number of nitrogens with zero attached hydrogens (tertiary/aromatic N) is 2. The lowest BCUT2D eigenvalue weighted by Crippen LogP contribution is -2.65. The average Bonchev–Trinajstić information content (AvgIpc) is 2.76. The zero-order valence-corrected chi connectivity index (χ0v) is 19.7. The van der Waals surface area contributed by atoms with Crippen molar-refractivity contribution in [1.82, 2.24) is 4.90 Å². The van der Waals surface area contributed by atoms with Crippen molar-refractivity contribution in [3.8, 4) is 5.75 Å². The van der Waals surface area contributed by atoms with Gasteiger partial charge in [-0.05, 0) is 57.5 Å². The van der Waals surface area contributed by atoms with Gasteiger partial charge < -0.3 is 31.0 Å². The van der Waals surface area contributed by atoms with Crippen LogP contribution >= 0.6 is 0 Å². The van der Waals surface area contributed by atoms with Gasteiger partial charge in [0.2, 0.25) is 5.78 Å². The fraction of sp³-hybridized carbons (Fsp3) is 0.417. The Morgan fingerprint density at radius 1 is 1.23 bits per heavy atom. The van der Waals surface area contributed by atoms with Gasteiger partial charge in [0.25, 0.3) is 5.91 Å². The number of aromatic hydroxyl groups is 1. The summed E-state index contributed by atoms with van der Waals surface area (Å²) in [6.07, 6.45) is 0.191. The van der Waals surface area contributed by atoms with E-state index in [0.29, 0.717) is 16.8 Å². The maximum Gasteiger partial charge on any atom is 0.255 e. The quantitative estimate of drug-likeness (QED) is 0.228. The number of ketones is 2. The molecule has 4 rings (SSSR count). The SMILES string of the molecule is CO/N=C(/C)c1ccc(O)c2c1C[C@H]1C[C@H]3[C@@H](N(C)C)C(=O)C(C(N)=O)=C(O)[C@@]3(O)C(=O)C1=C2O. The number of benzene rings is 1. The fourth-order valence-electron chi connectivity index (χ4n) is 5.77. The number of nitrogens with two attached hydrogens (primary N) is 1. The lowest BCUT2D eigenvalue weighted by molar-refractivity contribution is -0.153. The van der Waals surface area contributed by atoms with Crippen LogP contribution in [0.15, 0.2) is 34.2 Å². The van der Waals surface area contributed by atoms with Crippen molar-refractivity contribution >= 4 is 28.9 Å². The lowest BCUT2D eigenvalue weighted by Gasteiger charge is -2.50. The average molecular weight is 485 g/mol. The normalized spacial score (nSPS) is 28.6. The molecule has 0 radical (unpaired) electrons. The molecule has 1 aromatic carbocycles. The van der Waals surface area contributed by atoms with Crippen molar-refractivity contribution in [2.24, 2.45) is 22.7 Å². The fourth-order valence-corrected chi connectivity index (χ4v) is 5.77. The third-order valence-electron chi connectivity index (χ3n) is 7.22. The van der Waals surface area contributed by atoms with E-state index in [1.807, 2.05) is 0 Å². The van der Waals surface area contributed by atoms with E-state index in [-0.39, 0.29) is 29.7 Å². The Morgan fingerprint density at radius 3 is 2.46 bits per heavy atom. The first kappa shape index (κ1) is 24.4. The molecule has 0 heterocycles. The van der Waals surface area contributed by atoms with Crippen LogP contribution in [0, 0.1) is 11.8 Å². The number of amides is 1. The highest BCUT2D eigenvalue weighted by molar-refractivity contribution is 6.24. The summed E-state index contributed by atoms with van der Waals surface area (Å²) in [7, 11) is 4.48. The van der Waals surface area contributed by atoms with Crippen molar-refractivity contribution in [2.75, 3.05) is 21.2 Å². The maximum absolute atomic E-state index is 13.8. The molecule has 0 aliphatic heterocycles. The molecule has 0 saturated heterocycles. The molecule has 1 amide bonds. The van der Waals surface area contributed by atoms with E-state index in [1.54, 1.807) is 27.1 Å². The number of fused-ring (bicyclic) bond motifs is 3. The summed E-state index contributed by atoms with van der Waals surface area (Å²) in [5.41, 5.74) is 3.19. The largest absolute Gasteiger partial charge is 0.508 e. The van der Waals surface area contributed by atoms with Gasteiger partial charge in [-0.3, -0.25) is 19.3 Å². The minimum atomic E-state index is -2.66. The number of likely N-dealkylation sites (N-methyl/N-ethyl adjacent to an activating group) is 1. The maximum atomic E-state index is 13.8. The second-order valence-electron chi connectivity index (χ2n) is 9.31. The van der Waals surface area contributed by atoms with Gasteiger partial charge in [-0.2, -0.15) is 0 Å². The monoisotopic (exact) mass is 485 g/mol. The van der Waals surface area contributed by atoms with E-state index in [1.165, 1.54) is 18.1 Å². The number of primary amides is 1. The van der Waals surface area contributed by atoms with Crippen LogP contribution in [0.3, 0.4) is 0 Å². The van der Waals surface area contributed by atoms with Gasteiger partial charge in [0.1, 0.15) is 30.0 Å². The van der Waals surface area contributed by atoms with E-state index in [9.17, 15) is 34.8 Å². The highest BCUT2D eigenvalue weighted by atomic mass is 16.6. The third-order valence-corrected chi connectivity index (χ3v) is 7.22. The molecule has 1 saturated carbocycles. The number of carbonyl (C=O) groups excluding carboxylic acids is 3. The number of carbonyl (C=O) groups is 3. The van der Waals surface area contributed by atoms with E-state index in [0.717, 1.165) is 0 Å². The molecule has 11 heteroatoms. The zero-order chi connectivity index (χ0) is 26.0. The number of Topliss-reactive ketones (excluding diaryl/α,β-unsaturated/α-hetero) is 2. The summed E-state index contributed by atoms with van der Waals surface area (Å²) in [6.45, 7) is 1.69. The van der Waals surface area contributed by atoms with E-state index in [2.05, 4.69) is 5.16 Å². The van der Waals surface area contributed by atoms with Gasteiger partial charge >= 0.3 is 0 Å². The number of hydrogen-bond donors (Lipinski definition) is 5. The molecular weight excluding hydrogens is 458 g/mol. The second-order valence-corrected chi connectivity index (χ2v) is 9.31. The second kappa shape index (κ2) is 8.21. The highest BCUT2D eigenvalue weighted by Gasteiger charge is 2.64. The van der Waals surface area contributed by atoms with E-state index < -0.39 is 58.0 Å². The molecule has 3 aliphatic rings. The van der Waals surface area contributed by atoms with Crippen molar-refractivity contribution < 1.29 is 39.6 Å². The molecular formula is C24H27N3O8. The standard InChI is InChI=1S/C24H27N3O8/c1-9(26-35-4)11-5-6-14(28)16-12(11)7-10-8-13-18(27(2)3)20(30)17(23(25)33)22(32)24(13,34)21(31)15(10)19(16)29/h5-6,10,13,18,28-29,32,34H,7-8H2,1-4H3,(H2,25,33)/b26-9-/t10-,13-,18+,24-/m0/s1. The molecule has 6 N–H and O–H groups in total. The molecule has 186 valence electrons. The molecule has 1 aromatic rings. The van der Waals surface area contributed by atoms with Crippen molar-refractivity contribution in [1.29, 1.82) is 0 Å². The Morgan fingerprint density at radius 2 is 1.89 bits per heavy atom. The molecule has 0 unspecified atom stereocenters. The van der Waals surface area contributed by atoms with Crippen LogP contribution in [0.4, 0.5) is 0 Å². The third kappa shape index (κ3) is 3.26. The van der Waals surface area contributed by atoms with Crippen LogP contribution in [-0.2, 0) is 25.6 Å². The number of phenolic OH excluding ortho intramolecular Hbond substituents is 1. The van der Waals surface area contributed by atoms with Gasteiger partial charge in [0.15, 0.2) is 11.4 Å². The predicted molar refractivity (Wildman–Crippen MR) is 123 cm³/mol. The summed E-state index contributed by atoms with van der Waals surface area (Å²) in [5.74, 6) is -6.86. The van der Waals surface area contributed by atoms with E-state index >= 15 is 0 Å². The lowest BCUT2D eigenvalue weighted by atomic mass is 9.57. The van der Waals surface area contributed by atoms with Crippen LogP contribution < -0.4 is 5.73 Å². The molecule has 0 bridgehead atoms. The van der Waals surface area contributed by atoms with Gasteiger partial charge in [0, 0.05) is 17.1 Å². The van der Waals surface area contributed by atoms with Crippen LogP contribution in [0.25, 0.3) is 5.76 Å². The topological polar surface area (TPSA) is 183 Å². The first-order valence-corrected chi connectivity index (χ1v) is 11.0. The number of oxime groups is 1. The van der Waals surface area contributed by atoms with Crippen LogP contribution in [0.5, 0.6) is 5.75 Å². The van der Waals surface area contributed by atoms with E-state index in [4.69, 9.17) is 10.6 Å². The minimum absolute atomic E-state index is 0.00411.